The Morgan fingerprint density at radius 1 is 1.78 bits per heavy atom. The highest BCUT2D eigenvalue weighted by Crippen LogP contribution is 1.98. The molecule has 4 heteroatoms. The van der Waals surface area contributed by atoms with E-state index >= 15 is 0 Å². The summed E-state index contributed by atoms with van der Waals surface area (Å²) in [4.78, 5) is 21.9. The molecule has 1 heterocycles. The average Bonchev–Trinajstić information content (AvgIpc) is 2.14. The topological polar surface area (TPSA) is 63.4 Å². The van der Waals surface area contributed by atoms with Crippen LogP contribution >= 0.6 is 0 Å². The van der Waals surface area contributed by atoms with Crippen molar-refractivity contribution < 1.29 is 9.59 Å². The summed E-state index contributed by atoms with van der Waals surface area (Å²) in [6.07, 6.45) is 2.70. The van der Waals surface area contributed by atoms with Crippen LogP contribution in [-0.2, 0) is 4.79 Å². The van der Waals surface area contributed by atoms with Crippen molar-refractivity contribution in [3.63, 3.8) is 0 Å². The summed E-state index contributed by atoms with van der Waals surface area (Å²) in [6, 6.07) is -0.586. The zero-order valence-corrected chi connectivity index (χ0v) is 4.70. The number of carbonyl (C=O) groups excluding carboxylic acids is 2. The van der Waals surface area contributed by atoms with E-state index in [0.29, 0.717) is 0 Å². The molecule has 0 atom stereocenters. The maximum absolute atomic E-state index is 10.4. The Balaban J connectivity index is 2.60. The molecule has 2 amide bonds. The Labute approximate surface area is 51.9 Å². The summed E-state index contributed by atoms with van der Waals surface area (Å²) in [5.41, 5.74) is 4.84. The minimum absolute atomic E-state index is 0.0891. The molecule has 0 aliphatic carbocycles. The van der Waals surface area contributed by atoms with Crippen molar-refractivity contribution in [2.24, 2.45) is 5.73 Å². The molecule has 1 rings (SSSR count). The van der Waals surface area contributed by atoms with Crippen LogP contribution in [0.4, 0.5) is 4.79 Å². The molecular weight excluding hydrogens is 120 g/mol. The molecule has 2 N–H and O–H groups in total. The number of amides is 2. The lowest BCUT2D eigenvalue weighted by atomic mass is 10.4. The molecule has 9 heavy (non-hydrogen) atoms. The van der Waals surface area contributed by atoms with Gasteiger partial charge in [0.1, 0.15) is 0 Å². The second-order valence-corrected chi connectivity index (χ2v) is 1.75. The molecule has 1 aliphatic heterocycles. The fourth-order valence-electron chi connectivity index (χ4n) is 0.598. The predicted octanol–water partition coefficient (Wildman–Crippen LogP) is -0.536. The molecule has 0 fully saturated rings. The van der Waals surface area contributed by atoms with Crippen molar-refractivity contribution in [1.82, 2.24) is 4.90 Å². The standard InChI is InChI=1S/C5H6N2O2/c6-5(9)7-2-1-4(8)3-7/h1-2H,3H2,(H2,6,9). The van der Waals surface area contributed by atoms with Crippen molar-refractivity contribution in [2.45, 2.75) is 0 Å². The summed E-state index contributed by atoms with van der Waals surface area (Å²) in [6.45, 7) is 0.0926. The van der Waals surface area contributed by atoms with Gasteiger partial charge in [0.25, 0.3) is 0 Å². The molecule has 0 saturated heterocycles. The molecule has 0 unspecified atom stereocenters. The van der Waals surface area contributed by atoms with Gasteiger partial charge in [0, 0.05) is 6.20 Å². The van der Waals surface area contributed by atoms with E-state index in [2.05, 4.69) is 0 Å². The van der Waals surface area contributed by atoms with Crippen LogP contribution in [0.5, 0.6) is 0 Å². The van der Waals surface area contributed by atoms with Crippen LogP contribution in [0, 0.1) is 0 Å². The van der Waals surface area contributed by atoms with E-state index in [-0.39, 0.29) is 12.3 Å². The SMILES string of the molecule is NC(=O)N1C=CC(=O)C1. The lowest BCUT2D eigenvalue weighted by molar-refractivity contribution is -0.113. The third-order valence-electron chi connectivity index (χ3n) is 1.05. The first kappa shape index (κ1) is 5.81. The number of hydrogen-bond donors (Lipinski definition) is 1. The van der Waals surface area contributed by atoms with E-state index in [0.717, 1.165) is 4.90 Å². The van der Waals surface area contributed by atoms with Gasteiger partial charge in [-0.2, -0.15) is 0 Å². The zero-order chi connectivity index (χ0) is 6.85. The molecule has 48 valence electrons. The first-order chi connectivity index (χ1) is 4.20. The monoisotopic (exact) mass is 126 g/mol. The summed E-state index contributed by atoms with van der Waals surface area (Å²) in [7, 11) is 0. The minimum Gasteiger partial charge on any atom is -0.351 e. The van der Waals surface area contributed by atoms with Gasteiger partial charge in [0.15, 0.2) is 5.78 Å². The molecule has 0 saturated carbocycles. The minimum atomic E-state index is -0.586. The van der Waals surface area contributed by atoms with E-state index in [1.54, 1.807) is 0 Å². The van der Waals surface area contributed by atoms with Crippen LogP contribution in [0.2, 0.25) is 0 Å². The highest BCUT2D eigenvalue weighted by Gasteiger charge is 2.14. The fraction of sp³-hybridized carbons (Fsp3) is 0.200. The summed E-state index contributed by atoms with van der Waals surface area (Å²) >= 11 is 0. The molecule has 0 bridgehead atoms. The van der Waals surface area contributed by atoms with Gasteiger partial charge < -0.3 is 5.73 Å². The van der Waals surface area contributed by atoms with E-state index in [9.17, 15) is 9.59 Å². The van der Waals surface area contributed by atoms with Crippen molar-refractivity contribution in [3.05, 3.63) is 12.3 Å². The molecular formula is C5H6N2O2. The maximum atomic E-state index is 10.4. The van der Waals surface area contributed by atoms with E-state index < -0.39 is 6.03 Å². The summed E-state index contributed by atoms with van der Waals surface area (Å²) < 4.78 is 0. The molecule has 0 aromatic heterocycles. The van der Waals surface area contributed by atoms with Crippen LogP contribution in [0.15, 0.2) is 12.3 Å². The Morgan fingerprint density at radius 3 is 2.67 bits per heavy atom. The number of rotatable bonds is 0. The lowest BCUT2D eigenvalue weighted by Gasteiger charge is -2.05. The fourth-order valence-corrected chi connectivity index (χ4v) is 0.598. The van der Waals surface area contributed by atoms with Crippen molar-refractivity contribution in [1.29, 1.82) is 0 Å². The van der Waals surface area contributed by atoms with Crippen LogP contribution in [-0.4, -0.2) is 23.3 Å². The number of carbonyl (C=O) groups is 2. The highest BCUT2D eigenvalue weighted by atomic mass is 16.2. The molecule has 0 radical (unpaired) electrons. The first-order valence-corrected chi connectivity index (χ1v) is 2.47. The van der Waals surface area contributed by atoms with Crippen LogP contribution in [0.25, 0.3) is 0 Å². The van der Waals surface area contributed by atoms with Gasteiger partial charge in [-0.25, -0.2) is 4.79 Å². The number of nitrogens with two attached hydrogens (primary N) is 1. The predicted molar refractivity (Wildman–Crippen MR) is 30.4 cm³/mol. The van der Waals surface area contributed by atoms with Crippen LogP contribution in [0.1, 0.15) is 0 Å². The van der Waals surface area contributed by atoms with Crippen molar-refractivity contribution in [3.8, 4) is 0 Å². The van der Waals surface area contributed by atoms with Gasteiger partial charge in [-0.15, -0.1) is 0 Å². The van der Waals surface area contributed by atoms with Crippen molar-refractivity contribution >= 4 is 11.8 Å². The number of ketones is 1. The normalized spacial score (nSPS) is 16.9. The number of nitrogens with zero attached hydrogens (tertiary/aromatic N) is 1. The first-order valence-electron chi connectivity index (χ1n) is 2.47. The van der Waals surface area contributed by atoms with Gasteiger partial charge in [-0.3, -0.25) is 9.69 Å². The molecule has 0 aromatic carbocycles. The second kappa shape index (κ2) is 1.89. The third kappa shape index (κ3) is 1.07. The van der Waals surface area contributed by atoms with Gasteiger partial charge in [-0.05, 0) is 6.08 Å². The average molecular weight is 126 g/mol. The summed E-state index contributed by atoms with van der Waals surface area (Å²) in [5.74, 6) is -0.0891. The Kier molecular flexibility index (Phi) is 1.22. The Morgan fingerprint density at radius 2 is 2.44 bits per heavy atom. The Hall–Kier alpha value is -1.32. The largest absolute Gasteiger partial charge is 0.351 e. The maximum Gasteiger partial charge on any atom is 0.319 e. The zero-order valence-electron chi connectivity index (χ0n) is 4.70. The van der Waals surface area contributed by atoms with Crippen LogP contribution < -0.4 is 5.73 Å². The second-order valence-electron chi connectivity index (χ2n) is 1.75. The quantitative estimate of drug-likeness (QED) is 0.474. The molecule has 0 aromatic rings. The molecule has 0 spiro atoms. The van der Waals surface area contributed by atoms with Gasteiger partial charge in [-0.1, -0.05) is 0 Å². The molecule has 1 aliphatic rings. The number of primary amides is 1. The number of urea groups is 1. The van der Waals surface area contributed by atoms with Gasteiger partial charge >= 0.3 is 6.03 Å². The van der Waals surface area contributed by atoms with Crippen molar-refractivity contribution in [2.75, 3.05) is 6.54 Å². The van der Waals surface area contributed by atoms with Gasteiger partial charge in [0.05, 0.1) is 6.54 Å². The third-order valence-corrected chi connectivity index (χ3v) is 1.05. The van der Waals surface area contributed by atoms with E-state index in [1.807, 2.05) is 0 Å². The Bertz CT molecular complexity index is 185. The smallest absolute Gasteiger partial charge is 0.319 e. The van der Waals surface area contributed by atoms with Gasteiger partial charge in [0.2, 0.25) is 0 Å². The summed E-state index contributed by atoms with van der Waals surface area (Å²) in [5, 5.41) is 0. The highest BCUT2D eigenvalue weighted by molar-refractivity contribution is 5.97. The lowest BCUT2D eigenvalue weighted by Crippen LogP contribution is -2.31. The number of hydrogen-bond acceptors (Lipinski definition) is 2. The van der Waals surface area contributed by atoms with Crippen LogP contribution in [0.3, 0.4) is 0 Å². The molecule has 4 nitrogen and oxygen atoms in total. The van der Waals surface area contributed by atoms with E-state index in [4.69, 9.17) is 5.73 Å². The van der Waals surface area contributed by atoms with E-state index in [1.165, 1.54) is 12.3 Å².